The molecule has 0 fully saturated rings. The highest BCUT2D eigenvalue weighted by Crippen LogP contribution is 2.25. The standard InChI is InChI=1S/C12H10F2N2O/c1-6-3-4-8(13)11(12(6)14)9-5-10(17)16-7(2)15-9/h3-5H,1-2H3,(H,15,16,17). The number of rotatable bonds is 1. The van der Waals surface area contributed by atoms with Crippen molar-refractivity contribution >= 4 is 0 Å². The first-order valence-corrected chi connectivity index (χ1v) is 5.02. The molecule has 0 aliphatic rings. The molecule has 0 aliphatic heterocycles. The Balaban J connectivity index is 2.76. The summed E-state index contributed by atoms with van der Waals surface area (Å²) in [6.45, 7) is 3.08. The van der Waals surface area contributed by atoms with Crippen molar-refractivity contribution in [2.75, 3.05) is 0 Å². The maximum Gasteiger partial charge on any atom is 0.251 e. The molecule has 0 spiro atoms. The molecule has 0 bridgehead atoms. The smallest absolute Gasteiger partial charge is 0.251 e. The van der Waals surface area contributed by atoms with Crippen molar-refractivity contribution in [1.29, 1.82) is 0 Å². The SMILES string of the molecule is Cc1nc(-c2c(F)ccc(C)c2F)cc(=O)[nH]1. The molecule has 0 saturated carbocycles. The maximum absolute atomic E-state index is 13.8. The van der Waals surface area contributed by atoms with Gasteiger partial charge in [0, 0.05) is 6.07 Å². The monoisotopic (exact) mass is 236 g/mol. The van der Waals surface area contributed by atoms with Gasteiger partial charge in [-0.3, -0.25) is 4.79 Å². The van der Waals surface area contributed by atoms with Crippen molar-refractivity contribution < 1.29 is 8.78 Å². The van der Waals surface area contributed by atoms with Gasteiger partial charge in [0.1, 0.15) is 17.5 Å². The molecular formula is C12H10F2N2O. The zero-order chi connectivity index (χ0) is 12.6. The molecule has 1 N–H and O–H groups in total. The zero-order valence-corrected chi connectivity index (χ0v) is 9.34. The summed E-state index contributed by atoms with van der Waals surface area (Å²) in [7, 11) is 0. The van der Waals surface area contributed by atoms with Crippen molar-refractivity contribution in [3.63, 3.8) is 0 Å². The van der Waals surface area contributed by atoms with Gasteiger partial charge in [-0.05, 0) is 25.5 Å². The molecule has 0 radical (unpaired) electrons. The average molecular weight is 236 g/mol. The molecule has 2 aromatic rings. The highest BCUT2D eigenvalue weighted by Gasteiger charge is 2.15. The summed E-state index contributed by atoms with van der Waals surface area (Å²) in [5.41, 5.74) is -0.391. The topological polar surface area (TPSA) is 45.8 Å². The van der Waals surface area contributed by atoms with E-state index in [0.29, 0.717) is 11.4 Å². The van der Waals surface area contributed by atoms with E-state index in [2.05, 4.69) is 9.97 Å². The highest BCUT2D eigenvalue weighted by atomic mass is 19.1. The minimum atomic E-state index is -0.731. The van der Waals surface area contributed by atoms with E-state index < -0.39 is 17.2 Å². The molecule has 1 heterocycles. The summed E-state index contributed by atoms with van der Waals surface area (Å²) in [5.74, 6) is -1.11. The number of nitrogens with one attached hydrogen (secondary N) is 1. The van der Waals surface area contributed by atoms with Gasteiger partial charge in [0.05, 0.1) is 11.3 Å². The zero-order valence-electron chi connectivity index (χ0n) is 9.34. The lowest BCUT2D eigenvalue weighted by Gasteiger charge is -2.06. The second kappa shape index (κ2) is 4.08. The van der Waals surface area contributed by atoms with Crippen LogP contribution in [-0.2, 0) is 0 Å². The Kier molecular flexibility index (Phi) is 2.75. The molecular weight excluding hydrogens is 226 g/mol. The molecule has 0 unspecified atom stereocenters. The summed E-state index contributed by atoms with van der Waals surface area (Å²) in [4.78, 5) is 17.6. The predicted octanol–water partition coefficient (Wildman–Crippen LogP) is 2.33. The minimum absolute atomic E-state index is 0.00458. The van der Waals surface area contributed by atoms with Gasteiger partial charge < -0.3 is 4.98 Å². The van der Waals surface area contributed by atoms with Crippen LogP contribution in [0.1, 0.15) is 11.4 Å². The molecule has 2 rings (SSSR count). The lowest BCUT2D eigenvalue weighted by molar-refractivity contribution is 0.582. The Morgan fingerprint density at radius 1 is 1.24 bits per heavy atom. The molecule has 0 aliphatic carbocycles. The van der Waals surface area contributed by atoms with Gasteiger partial charge in [-0.15, -0.1) is 0 Å². The van der Waals surface area contributed by atoms with Crippen molar-refractivity contribution in [3.05, 3.63) is 51.6 Å². The van der Waals surface area contributed by atoms with E-state index in [1.54, 1.807) is 6.92 Å². The van der Waals surface area contributed by atoms with Gasteiger partial charge in [-0.1, -0.05) is 6.07 Å². The average Bonchev–Trinajstić information content (AvgIpc) is 2.23. The Labute approximate surface area is 96.2 Å². The van der Waals surface area contributed by atoms with Crippen molar-refractivity contribution in [2.24, 2.45) is 0 Å². The summed E-state index contributed by atoms with van der Waals surface area (Å²) in [5, 5.41) is 0. The second-order valence-electron chi connectivity index (χ2n) is 3.77. The predicted molar refractivity (Wildman–Crippen MR) is 59.7 cm³/mol. The van der Waals surface area contributed by atoms with Crippen LogP contribution in [0.25, 0.3) is 11.3 Å². The largest absolute Gasteiger partial charge is 0.311 e. The van der Waals surface area contributed by atoms with Crippen LogP contribution in [0.3, 0.4) is 0 Å². The van der Waals surface area contributed by atoms with Crippen molar-refractivity contribution in [2.45, 2.75) is 13.8 Å². The molecule has 3 nitrogen and oxygen atoms in total. The first-order valence-electron chi connectivity index (χ1n) is 5.02. The van der Waals surface area contributed by atoms with Gasteiger partial charge in [0.15, 0.2) is 0 Å². The third-order valence-corrected chi connectivity index (χ3v) is 2.40. The van der Waals surface area contributed by atoms with Crippen LogP contribution < -0.4 is 5.56 Å². The summed E-state index contributed by atoms with van der Waals surface area (Å²) < 4.78 is 27.4. The molecule has 1 aromatic heterocycles. The fourth-order valence-corrected chi connectivity index (χ4v) is 1.60. The maximum atomic E-state index is 13.8. The van der Waals surface area contributed by atoms with E-state index in [0.717, 1.165) is 12.1 Å². The van der Waals surface area contributed by atoms with Crippen LogP contribution in [0.2, 0.25) is 0 Å². The Morgan fingerprint density at radius 2 is 1.94 bits per heavy atom. The number of halogens is 2. The number of hydrogen-bond donors (Lipinski definition) is 1. The third kappa shape index (κ3) is 2.08. The van der Waals surface area contributed by atoms with E-state index in [1.807, 2.05) is 0 Å². The normalized spacial score (nSPS) is 10.6. The molecule has 1 aromatic carbocycles. The van der Waals surface area contributed by atoms with Crippen molar-refractivity contribution in [3.8, 4) is 11.3 Å². The fraction of sp³-hybridized carbons (Fsp3) is 0.167. The van der Waals surface area contributed by atoms with Gasteiger partial charge in [-0.2, -0.15) is 0 Å². The molecule has 5 heteroatoms. The molecule has 0 saturated heterocycles. The minimum Gasteiger partial charge on any atom is -0.311 e. The number of aromatic amines is 1. The van der Waals surface area contributed by atoms with Crippen LogP contribution in [0, 0.1) is 25.5 Å². The van der Waals surface area contributed by atoms with E-state index in [-0.39, 0.29) is 11.3 Å². The van der Waals surface area contributed by atoms with Crippen LogP contribution >= 0.6 is 0 Å². The van der Waals surface area contributed by atoms with Crippen LogP contribution in [-0.4, -0.2) is 9.97 Å². The van der Waals surface area contributed by atoms with Crippen LogP contribution in [0.4, 0.5) is 8.78 Å². The second-order valence-corrected chi connectivity index (χ2v) is 3.77. The van der Waals surface area contributed by atoms with Crippen molar-refractivity contribution in [1.82, 2.24) is 9.97 Å². The lowest BCUT2D eigenvalue weighted by Crippen LogP contribution is -2.09. The van der Waals surface area contributed by atoms with E-state index in [1.165, 1.54) is 13.0 Å². The molecule has 0 amide bonds. The summed E-state index contributed by atoms with van der Waals surface area (Å²) >= 11 is 0. The number of aromatic nitrogens is 2. The number of hydrogen-bond acceptors (Lipinski definition) is 2. The first kappa shape index (κ1) is 11.4. The van der Waals surface area contributed by atoms with Gasteiger partial charge in [0.25, 0.3) is 5.56 Å². The number of H-pyrrole nitrogens is 1. The number of nitrogens with zero attached hydrogens (tertiary/aromatic N) is 1. The van der Waals surface area contributed by atoms with E-state index >= 15 is 0 Å². The Morgan fingerprint density at radius 3 is 2.59 bits per heavy atom. The van der Waals surface area contributed by atoms with Crippen LogP contribution in [0.5, 0.6) is 0 Å². The fourth-order valence-electron chi connectivity index (χ4n) is 1.60. The number of benzene rings is 1. The van der Waals surface area contributed by atoms with E-state index in [9.17, 15) is 13.6 Å². The number of aryl methyl sites for hydroxylation is 2. The Hall–Kier alpha value is -2.04. The van der Waals surface area contributed by atoms with Crippen LogP contribution in [0.15, 0.2) is 23.0 Å². The van der Waals surface area contributed by atoms with Gasteiger partial charge >= 0.3 is 0 Å². The van der Waals surface area contributed by atoms with Gasteiger partial charge in [0.2, 0.25) is 0 Å². The molecule has 88 valence electrons. The summed E-state index contributed by atoms with van der Waals surface area (Å²) in [6, 6.07) is 3.58. The quantitative estimate of drug-likeness (QED) is 0.826. The van der Waals surface area contributed by atoms with Gasteiger partial charge in [-0.25, -0.2) is 13.8 Å². The summed E-state index contributed by atoms with van der Waals surface area (Å²) in [6.07, 6.45) is 0. The third-order valence-electron chi connectivity index (χ3n) is 2.40. The lowest BCUT2D eigenvalue weighted by atomic mass is 10.1. The first-order chi connectivity index (χ1) is 7.99. The molecule has 0 atom stereocenters. The highest BCUT2D eigenvalue weighted by molar-refractivity contribution is 5.61. The Bertz CT molecular complexity index is 635. The molecule has 17 heavy (non-hydrogen) atoms. The van der Waals surface area contributed by atoms with E-state index in [4.69, 9.17) is 0 Å².